The highest BCUT2D eigenvalue weighted by Gasteiger charge is 2.37. The smallest absolute Gasteiger partial charge is 0.410 e. The molecule has 0 radical (unpaired) electrons. The van der Waals surface area contributed by atoms with Crippen LogP contribution in [0.1, 0.15) is 33.6 Å². The van der Waals surface area contributed by atoms with E-state index in [1.54, 1.807) is 11.1 Å². The van der Waals surface area contributed by atoms with Crippen molar-refractivity contribution in [3.8, 4) is 12.3 Å². The van der Waals surface area contributed by atoms with Crippen LogP contribution in [0.2, 0.25) is 0 Å². The van der Waals surface area contributed by atoms with Crippen molar-refractivity contribution >= 4 is 22.0 Å². The SMILES string of the molecule is C#CC1(n2cc(Br)cn2)CCN(C(=O)OC(C)(C)C)CC1. The lowest BCUT2D eigenvalue weighted by molar-refractivity contribution is 0.0150. The lowest BCUT2D eigenvalue weighted by atomic mass is 9.88. The minimum absolute atomic E-state index is 0.283. The van der Waals surface area contributed by atoms with E-state index in [0.29, 0.717) is 25.9 Å². The van der Waals surface area contributed by atoms with E-state index < -0.39 is 11.1 Å². The van der Waals surface area contributed by atoms with E-state index >= 15 is 0 Å². The summed E-state index contributed by atoms with van der Waals surface area (Å²) in [6, 6.07) is 0. The van der Waals surface area contributed by atoms with Gasteiger partial charge in [-0.05, 0) is 36.7 Å². The Hall–Kier alpha value is -1.48. The van der Waals surface area contributed by atoms with E-state index in [9.17, 15) is 4.79 Å². The van der Waals surface area contributed by atoms with Gasteiger partial charge in [-0.2, -0.15) is 5.10 Å². The molecule has 6 heteroatoms. The Morgan fingerprint density at radius 2 is 2.10 bits per heavy atom. The zero-order valence-corrected chi connectivity index (χ0v) is 14.2. The van der Waals surface area contributed by atoms with Gasteiger partial charge in [-0.15, -0.1) is 6.42 Å². The molecule has 1 amide bonds. The summed E-state index contributed by atoms with van der Waals surface area (Å²) in [6.45, 7) is 6.72. The van der Waals surface area contributed by atoms with Crippen LogP contribution in [0.25, 0.3) is 0 Å². The summed E-state index contributed by atoms with van der Waals surface area (Å²) < 4.78 is 8.10. The van der Waals surface area contributed by atoms with Gasteiger partial charge in [-0.1, -0.05) is 5.92 Å². The molecule has 0 aromatic carbocycles. The van der Waals surface area contributed by atoms with Gasteiger partial charge in [0, 0.05) is 32.1 Å². The topological polar surface area (TPSA) is 47.4 Å². The van der Waals surface area contributed by atoms with E-state index in [0.717, 1.165) is 4.47 Å². The summed E-state index contributed by atoms with van der Waals surface area (Å²) in [5.74, 6) is 2.86. The molecule has 2 rings (SSSR count). The average molecular weight is 354 g/mol. The van der Waals surface area contributed by atoms with Crippen molar-refractivity contribution in [2.24, 2.45) is 0 Å². The number of ether oxygens (including phenoxy) is 1. The molecular formula is C15H20BrN3O2. The normalized spacial score (nSPS) is 18.1. The van der Waals surface area contributed by atoms with Crippen LogP contribution in [0.4, 0.5) is 4.79 Å². The maximum absolute atomic E-state index is 12.1. The van der Waals surface area contributed by atoms with Crippen molar-refractivity contribution < 1.29 is 9.53 Å². The first kappa shape index (κ1) is 15.9. The Bertz CT molecular complexity index is 560. The number of amides is 1. The number of piperidine rings is 1. The number of carbonyl (C=O) groups is 1. The summed E-state index contributed by atoms with van der Waals surface area (Å²) in [5.41, 5.74) is -0.949. The van der Waals surface area contributed by atoms with Gasteiger partial charge in [0.25, 0.3) is 0 Å². The second kappa shape index (κ2) is 5.72. The Labute approximate surface area is 133 Å². The predicted octanol–water partition coefficient (Wildman–Crippen LogP) is 3.01. The van der Waals surface area contributed by atoms with Gasteiger partial charge in [0.05, 0.1) is 10.7 Å². The fraction of sp³-hybridized carbons (Fsp3) is 0.600. The second-order valence-corrected chi connectivity index (χ2v) is 7.16. The van der Waals surface area contributed by atoms with Gasteiger partial charge in [0.1, 0.15) is 11.1 Å². The summed E-state index contributed by atoms with van der Waals surface area (Å²) in [6.07, 6.45) is 10.4. The van der Waals surface area contributed by atoms with Crippen LogP contribution in [-0.2, 0) is 10.3 Å². The maximum Gasteiger partial charge on any atom is 0.410 e. The molecule has 21 heavy (non-hydrogen) atoms. The van der Waals surface area contributed by atoms with Gasteiger partial charge in [0.2, 0.25) is 0 Å². The molecule has 1 aliphatic rings. The van der Waals surface area contributed by atoms with E-state index in [1.807, 2.05) is 31.6 Å². The van der Waals surface area contributed by atoms with Crippen LogP contribution >= 0.6 is 15.9 Å². The zero-order chi connectivity index (χ0) is 15.7. The number of aromatic nitrogens is 2. The third-order valence-electron chi connectivity index (χ3n) is 3.50. The number of nitrogens with zero attached hydrogens (tertiary/aromatic N) is 3. The van der Waals surface area contributed by atoms with Gasteiger partial charge in [-0.25, -0.2) is 4.79 Å². The molecule has 0 N–H and O–H groups in total. The Morgan fingerprint density at radius 3 is 2.52 bits per heavy atom. The van der Waals surface area contributed by atoms with Crippen molar-refractivity contribution in [2.45, 2.75) is 44.8 Å². The van der Waals surface area contributed by atoms with Crippen LogP contribution in [0.15, 0.2) is 16.9 Å². The molecule has 1 saturated heterocycles. The standard InChI is InChI=1S/C15H20BrN3O2/c1-5-15(19-11-12(16)10-17-19)6-8-18(9-7-15)13(20)21-14(2,3)4/h1,10-11H,6-9H2,2-4H3. The maximum atomic E-state index is 12.1. The van der Waals surface area contributed by atoms with Crippen molar-refractivity contribution in [1.82, 2.24) is 14.7 Å². The van der Waals surface area contributed by atoms with Crippen LogP contribution in [0.3, 0.4) is 0 Å². The number of carbonyl (C=O) groups excluding carboxylic acids is 1. The van der Waals surface area contributed by atoms with Gasteiger partial charge < -0.3 is 9.64 Å². The molecule has 2 heterocycles. The first-order chi connectivity index (χ1) is 9.76. The highest BCUT2D eigenvalue weighted by atomic mass is 79.9. The fourth-order valence-corrected chi connectivity index (χ4v) is 2.65. The van der Waals surface area contributed by atoms with Crippen LogP contribution in [0.5, 0.6) is 0 Å². The van der Waals surface area contributed by atoms with Crippen LogP contribution < -0.4 is 0 Å². The molecule has 0 saturated carbocycles. The monoisotopic (exact) mass is 353 g/mol. The number of halogens is 1. The minimum atomic E-state index is -0.482. The molecule has 114 valence electrons. The van der Waals surface area contributed by atoms with Crippen LogP contribution in [0, 0.1) is 12.3 Å². The van der Waals surface area contributed by atoms with Crippen molar-refractivity contribution in [1.29, 1.82) is 0 Å². The molecule has 0 aliphatic carbocycles. The minimum Gasteiger partial charge on any atom is -0.444 e. The molecule has 1 aromatic rings. The third kappa shape index (κ3) is 3.59. The molecule has 1 fully saturated rings. The predicted molar refractivity (Wildman–Crippen MR) is 83.8 cm³/mol. The molecule has 0 bridgehead atoms. The fourth-order valence-electron chi connectivity index (χ4n) is 2.36. The number of rotatable bonds is 1. The quantitative estimate of drug-likeness (QED) is 0.729. The van der Waals surface area contributed by atoms with Gasteiger partial charge in [-0.3, -0.25) is 4.68 Å². The highest BCUT2D eigenvalue weighted by Crippen LogP contribution is 2.30. The Balaban J connectivity index is 2.05. The molecule has 5 nitrogen and oxygen atoms in total. The van der Waals surface area contributed by atoms with Crippen molar-refractivity contribution in [3.63, 3.8) is 0 Å². The summed E-state index contributed by atoms with van der Waals surface area (Å²) in [4.78, 5) is 13.8. The molecule has 0 unspecified atom stereocenters. The van der Waals surface area contributed by atoms with Crippen molar-refractivity contribution in [3.05, 3.63) is 16.9 Å². The lowest BCUT2D eigenvalue weighted by Crippen LogP contribution is -2.48. The van der Waals surface area contributed by atoms with E-state index in [4.69, 9.17) is 11.2 Å². The molecular weight excluding hydrogens is 334 g/mol. The Kier molecular flexibility index (Phi) is 4.33. The van der Waals surface area contributed by atoms with Gasteiger partial charge in [0.15, 0.2) is 0 Å². The van der Waals surface area contributed by atoms with Crippen LogP contribution in [-0.4, -0.2) is 39.5 Å². The summed E-state index contributed by atoms with van der Waals surface area (Å²) >= 11 is 3.38. The average Bonchev–Trinajstić information content (AvgIpc) is 2.84. The van der Waals surface area contributed by atoms with E-state index in [1.165, 1.54) is 0 Å². The highest BCUT2D eigenvalue weighted by molar-refractivity contribution is 9.10. The van der Waals surface area contributed by atoms with Gasteiger partial charge >= 0.3 is 6.09 Å². The Morgan fingerprint density at radius 1 is 1.48 bits per heavy atom. The van der Waals surface area contributed by atoms with E-state index in [2.05, 4.69) is 26.9 Å². The molecule has 1 aromatic heterocycles. The number of terminal acetylenes is 1. The number of likely N-dealkylation sites (tertiary alicyclic amines) is 1. The first-order valence-electron chi connectivity index (χ1n) is 6.92. The summed E-state index contributed by atoms with van der Waals surface area (Å²) in [7, 11) is 0. The van der Waals surface area contributed by atoms with Crippen molar-refractivity contribution in [2.75, 3.05) is 13.1 Å². The first-order valence-corrected chi connectivity index (χ1v) is 7.71. The largest absolute Gasteiger partial charge is 0.444 e. The molecule has 0 atom stereocenters. The van der Waals surface area contributed by atoms with E-state index in [-0.39, 0.29) is 6.09 Å². The molecule has 0 spiro atoms. The molecule has 1 aliphatic heterocycles. The number of hydrogen-bond acceptors (Lipinski definition) is 3. The second-order valence-electron chi connectivity index (χ2n) is 6.25. The summed E-state index contributed by atoms with van der Waals surface area (Å²) in [5, 5.41) is 4.30. The number of hydrogen-bond donors (Lipinski definition) is 0. The third-order valence-corrected chi connectivity index (χ3v) is 3.91. The lowest BCUT2D eigenvalue weighted by Gasteiger charge is -2.38. The zero-order valence-electron chi connectivity index (χ0n) is 12.6.